The van der Waals surface area contributed by atoms with Crippen LogP contribution in [0.2, 0.25) is 5.02 Å². The van der Waals surface area contributed by atoms with Crippen molar-refractivity contribution < 1.29 is 9.53 Å². The van der Waals surface area contributed by atoms with Crippen molar-refractivity contribution in [3.8, 4) is 5.88 Å². The van der Waals surface area contributed by atoms with Crippen LogP contribution in [0.1, 0.15) is 37.3 Å². The first-order valence-corrected chi connectivity index (χ1v) is 10.4. The standard InChI is InChI=1S/C25H27ClN2O2/c1-18(17-25(2,24(27)29)30-23-10-6-7-15-28-23)22(20-8-4-3-5-9-20)16-19-11-13-21(26)14-12-19/h3-15,18,22H,16-17H2,1-2H3,(H2,27,29). The topological polar surface area (TPSA) is 65.2 Å². The minimum absolute atomic E-state index is 0.115. The van der Waals surface area contributed by atoms with Crippen LogP contribution < -0.4 is 10.5 Å². The molecule has 5 heteroatoms. The third kappa shape index (κ3) is 5.61. The lowest BCUT2D eigenvalue weighted by molar-refractivity contribution is -0.133. The second kappa shape index (κ2) is 9.77. The summed E-state index contributed by atoms with van der Waals surface area (Å²) in [6.45, 7) is 3.88. The summed E-state index contributed by atoms with van der Waals surface area (Å²) in [5, 5.41) is 0.716. The van der Waals surface area contributed by atoms with Gasteiger partial charge in [0, 0.05) is 17.3 Å². The molecule has 0 bridgehead atoms. The van der Waals surface area contributed by atoms with Crippen LogP contribution in [0.3, 0.4) is 0 Å². The van der Waals surface area contributed by atoms with E-state index in [9.17, 15) is 4.79 Å². The van der Waals surface area contributed by atoms with Gasteiger partial charge in [0.25, 0.3) is 5.91 Å². The van der Waals surface area contributed by atoms with Gasteiger partial charge in [0.05, 0.1) is 0 Å². The average Bonchev–Trinajstić information content (AvgIpc) is 2.74. The Labute approximate surface area is 183 Å². The number of nitrogens with zero attached hydrogens (tertiary/aromatic N) is 1. The summed E-state index contributed by atoms with van der Waals surface area (Å²) >= 11 is 6.05. The van der Waals surface area contributed by atoms with Crippen molar-refractivity contribution in [1.29, 1.82) is 0 Å². The fraction of sp³-hybridized carbons (Fsp3) is 0.280. The molecule has 0 aliphatic rings. The van der Waals surface area contributed by atoms with Gasteiger partial charge in [-0.2, -0.15) is 0 Å². The van der Waals surface area contributed by atoms with E-state index in [4.69, 9.17) is 22.1 Å². The molecule has 3 unspecified atom stereocenters. The zero-order valence-electron chi connectivity index (χ0n) is 17.3. The highest BCUT2D eigenvalue weighted by molar-refractivity contribution is 6.30. The second-order valence-electron chi connectivity index (χ2n) is 7.89. The summed E-state index contributed by atoms with van der Waals surface area (Å²) in [6.07, 6.45) is 2.92. The van der Waals surface area contributed by atoms with E-state index in [1.54, 1.807) is 25.3 Å². The molecular formula is C25H27ClN2O2. The number of halogens is 1. The monoisotopic (exact) mass is 422 g/mol. The Morgan fingerprint density at radius 2 is 1.73 bits per heavy atom. The van der Waals surface area contributed by atoms with E-state index < -0.39 is 11.5 Å². The molecule has 0 fully saturated rings. The number of hydrogen-bond donors (Lipinski definition) is 1. The van der Waals surface area contributed by atoms with Crippen LogP contribution in [0.15, 0.2) is 79.0 Å². The molecule has 0 radical (unpaired) electrons. The molecule has 30 heavy (non-hydrogen) atoms. The Balaban J connectivity index is 1.86. The van der Waals surface area contributed by atoms with Gasteiger partial charge in [-0.25, -0.2) is 4.98 Å². The minimum atomic E-state index is -1.17. The van der Waals surface area contributed by atoms with E-state index in [0.29, 0.717) is 17.3 Å². The number of rotatable bonds is 9. The molecule has 4 nitrogen and oxygen atoms in total. The largest absolute Gasteiger partial charge is 0.461 e. The predicted octanol–water partition coefficient (Wildman–Crippen LogP) is 5.41. The molecule has 1 aromatic heterocycles. The molecule has 3 atom stereocenters. The number of ether oxygens (including phenoxy) is 1. The Morgan fingerprint density at radius 1 is 1.07 bits per heavy atom. The third-order valence-electron chi connectivity index (χ3n) is 5.48. The van der Waals surface area contributed by atoms with Crippen molar-refractivity contribution in [1.82, 2.24) is 4.98 Å². The van der Waals surface area contributed by atoms with E-state index in [0.717, 1.165) is 6.42 Å². The van der Waals surface area contributed by atoms with E-state index >= 15 is 0 Å². The lowest BCUT2D eigenvalue weighted by atomic mass is 9.77. The summed E-state index contributed by atoms with van der Waals surface area (Å²) in [5.41, 5.74) is 7.00. The van der Waals surface area contributed by atoms with E-state index in [-0.39, 0.29) is 11.8 Å². The molecule has 2 aromatic carbocycles. The van der Waals surface area contributed by atoms with Gasteiger partial charge in [-0.05, 0) is 60.9 Å². The number of aromatic nitrogens is 1. The molecule has 0 saturated heterocycles. The highest BCUT2D eigenvalue weighted by Gasteiger charge is 2.38. The molecule has 0 spiro atoms. The van der Waals surface area contributed by atoms with Crippen molar-refractivity contribution in [2.45, 2.75) is 38.2 Å². The van der Waals surface area contributed by atoms with Crippen molar-refractivity contribution in [2.75, 3.05) is 0 Å². The highest BCUT2D eigenvalue weighted by Crippen LogP contribution is 2.35. The zero-order valence-corrected chi connectivity index (χ0v) is 18.0. The van der Waals surface area contributed by atoms with Crippen LogP contribution in [0.5, 0.6) is 5.88 Å². The Bertz CT molecular complexity index is 948. The normalized spacial score (nSPS) is 15.0. The molecular weight excluding hydrogens is 396 g/mol. The lowest BCUT2D eigenvalue weighted by Gasteiger charge is -2.33. The van der Waals surface area contributed by atoms with Crippen molar-refractivity contribution in [3.63, 3.8) is 0 Å². The van der Waals surface area contributed by atoms with Gasteiger partial charge in [-0.15, -0.1) is 0 Å². The van der Waals surface area contributed by atoms with Gasteiger partial charge in [0.1, 0.15) is 0 Å². The van der Waals surface area contributed by atoms with Crippen molar-refractivity contribution >= 4 is 17.5 Å². The number of amides is 1. The molecule has 3 aromatic rings. The smallest absolute Gasteiger partial charge is 0.261 e. The highest BCUT2D eigenvalue weighted by atomic mass is 35.5. The van der Waals surface area contributed by atoms with E-state index in [2.05, 4.69) is 24.0 Å². The number of carbonyl (C=O) groups excluding carboxylic acids is 1. The fourth-order valence-corrected chi connectivity index (χ4v) is 3.94. The van der Waals surface area contributed by atoms with Gasteiger partial charge in [-0.1, -0.05) is 67.1 Å². The molecule has 0 aliphatic carbocycles. The Kier molecular flexibility index (Phi) is 7.11. The first kappa shape index (κ1) is 21.8. The van der Waals surface area contributed by atoms with Crippen LogP contribution >= 0.6 is 11.6 Å². The number of pyridine rings is 1. The van der Waals surface area contributed by atoms with Gasteiger partial charge < -0.3 is 10.5 Å². The summed E-state index contributed by atoms with van der Waals surface area (Å²) in [4.78, 5) is 16.6. The van der Waals surface area contributed by atoms with Gasteiger partial charge in [0.2, 0.25) is 5.88 Å². The SMILES string of the molecule is CC(CC(C)(Oc1ccccn1)C(N)=O)C(Cc1ccc(Cl)cc1)c1ccccc1. The molecule has 1 amide bonds. The quantitative estimate of drug-likeness (QED) is 0.501. The molecule has 1 heterocycles. The summed E-state index contributed by atoms with van der Waals surface area (Å²) in [5.74, 6) is 0.181. The maximum atomic E-state index is 12.4. The minimum Gasteiger partial charge on any atom is -0.461 e. The number of carbonyl (C=O) groups is 1. The number of hydrogen-bond acceptors (Lipinski definition) is 3. The van der Waals surface area contributed by atoms with Crippen LogP contribution in [-0.4, -0.2) is 16.5 Å². The first-order valence-electron chi connectivity index (χ1n) is 10.1. The van der Waals surface area contributed by atoms with Gasteiger partial charge in [-0.3, -0.25) is 4.79 Å². The molecule has 3 rings (SSSR count). The third-order valence-corrected chi connectivity index (χ3v) is 5.74. The summed E-state index contributed by atoms with van der Waals surface area (Å²) in [7, 11) is 0. The number of nitrogens with two attached hydrogens (primary N) is 1. The van der Waals surface area contributed by atoms with Gasteiger partial charge in [0.15, 0.2) is 5.60 Å². The lowest BCUT2D eigenvalue weighted by Crippen LogP contribution is -2.48. The van der Waals surface area contributed by atoms with Crippen LogP contribution in [0, 0.1) is 5.92 Å². The predicted molar refractivity (Wildman–Crippen MR) is 121 cm³/mol. The summed E-state index contributed by atoms with van der Waals surface area (Å²) in [6, 6.07) is 23.6. The molecule has 2 N–H and O–H groups in total. The van der Waals surface area contributed by atoms with Crippen LogP contribution in [0.25, 0.3) is 0 Å². The van der Waals surface area contributed by atoms with Crippen molar-refractivity contribution in [2.24, 2.45) is 11.7 Å². The van der Waals surface area contributed by atoms with Crippen LogP contribution in [-0.2, 0) is 11.2 Å². The molecule has 0 aliphatic heterocycles. The maximum absolute atomic E-state index is 12.4. The van der Waals surface area contributed by atoms with Gasteiger partial charge >= 0.3 is 0 Å². The Hall–Kier alpha value is -2.85. The van der Waals surface area contributed by atoms with E-state index in [1.807, 2.05) is 48.5 Å². The maximum Gasteiger partial charge on any atom is 0.261 e. The second-order valence-corrected chi connectivity index (χ2v) is 8.33. The molecule has 0 saturated carbocycles. The molecule has 156 valence electrons. The van der Waals surface area contributed by atoms with Crippen LogP contribution in [0.4, 0.5) is 0 Å². The number of primary amides is 1. The summed E-state index contributed by atoms with van der Waals surface area (Å²) < 4.78 is 5.98. The number of benzene rings is 2. The first-order chi connectivity index (χ1) is 14.4. The zero-order chi connectivity index (χ0) is 21.6. The Morgan fingerprint density at radius 3 is 2.33 bits per heavy atom. The fourth-order valence-electron chi connectivity index (χ4n) is 3.81. The average molecular weight is 423 g/mol. The van der Waals surface area contributed by atoms with E-state index in [1.165, 1.54) is 11.1 Å². The van der Waals surface area contributed by atoms with Crippen molar-refractivity contribution in [3.05, 3.63) is 95.1 Å².